The highest BCUT2D eigenvalue weighted by atomic mass is 79.9. The van der Waals surface area contributed by atoms with Gasteiger partial charge in [0.1, 0.15) is 0 Å². The Hall–Kier alpha value is -0.390. The smallest absolute Gasteiger partial charge is 0.0767 e. The third-order valence-corrected chi connectivity index (χ3v) is 3.59. The maximum Gasteiger partial charge on any atom is 0.0767 e. The number of aryl methyl sites for hydroxylation is 2. The summed E-state index contributed by atoms with van der Waals surface area (Å²) in [4.78, 5) is 0. The molecular formula is C13H24BrN3O. The molecule has 0 saturated carbocycles. The molecule has 0 atom stereocenters. The van der Waals surface area contributed by atoms with E-state index in [1.54, 1.807) is 0 Å². The molecule has 0 amide bonds. The van der Waals surface area contributed by atoms with Crippen LogP contribution in [0.25, 0.3) is 0 Å². The van der Waals surface area contributed by atoms with Gasteiger partial charge in [-0.3, -0.25) is 4.68 Å². The summed E-state index contributed by atoms with van der Waals surface area (Å²) >= 11 is 3.61. The molecule has 0 aliphatic carbocycles. The lowest BCUT2D eigenvalue weighted by Crippen LogP contribution is -2.21. The van der Waals surface area contributed by atoms with Crippen molar-refractivity contribution in [2.24, 2.45) is 13.0 Å². The average Bonchev–Trinajstić information content (AvgIpc) is 2.59. The lowest BCUT2D eigenvalue weighted by molar-refractivity contribution is 0.111. The molecule has 1 rings (SSSR count). The van der Waals surface area contributed by atoms with Crippen molar-refractivity contribution in [2.45, 2.75) is 33.7 Å². The maximum absolute atomic E-state index is 5.52. The Morgan fingerprint density at radius 3 is 2.72 bits per heavy atom. The highest BCUT2D eigenvalue weighted by molar-refractivity contribution is 9.10. The van der Waals surface area contributed by atoms with E-state index >= 15 is 0 Å². The molecular weight excluding hydrogens is 294 g/mol. The Bertz CT molecular complexity index is 363. The molecule has 0 aliphatic heterocycles. The van der Waals surface area contributed by atoms with Crippen LogP contribution in [-0.2, 0) is 24.8 Å². The van der Waals surface area contributed by atoms with Crippen molar-refractivity contribution in [3.8, 4) is 0 Å². The quantitative estimate of drug-likeness (QED) is 0.749. The molecule has 0 bridgehead atoms. The number of ether oxygens (including phenoxy) is 1. The minimum atomic E-state index is 0.600. The number of hydrogen-bond acceptors (Lipinski definition) is 3. The van der Waals surface area contributed by atoms with Crippen molar-refractivity contribution in [2.75, 3.05) is 19.8 Å². The van der Waals surface area contributed by atoms with Crippen molar-refractivity contribution in [1.29, 1.82) is 0 Å². The van der Waals surface area contributed by atoms with E-state index in [1.165, 1.54) is 5.69 Å². The lowest BCUT2D eigenvalue weighted by atomic mass is 10.2. The highest BCUT2D eigenvalue weighted by Crippen LogP contribution is 2.21. The summed E-state index contributed by atoms with van der Waals surface area (Å²) in [7, 11) is 1.98. The Morgan fingerprint density at radius 2 is 2.17 bits per heavy atom. The topological polar surface area (TPSA) is 39.1 Å². The van der Waals surface area contributed by atoms with E-state index < -0.39 is 0 Å². The van der Waals surface area contributed by atoms with Gasteiger partial charge in [-0.05, 0) is 28.3 Å². The summed E-state index contributed by atoms with van der Waals surface area (Å²) in [5.74, 6) is 0.600. The first-order valence-electron chi connectivity index (χ1n) is 6.55. The molecule has 0 aliphatic rings. The van der Waals surface area contributed by atoms with Crippen molar-refractivity contribution in [3.05, 3.63) is 15.9 Å². The fraction of sp³-hybridized carbons (Fsp3) is 0.769. The van der Waals surface area contributed by atoms with Crippen molar-refractivity contribution in [1.82, 2.24) is 15.1 Å². The van der Waals surface area contributed by atoms with Gasteiger partial charge in [-0.25, -0.2) is 0 Å². The summed E-state index contributed by atoms with van der Waals surface area (Å²) in [6, 6.07) is 0. The van der Waals surface area contributed by atoms with E-state index in [-0.39, 0.29) is 0 Å². The summed E-state index contributed by atoms with van der Waals surface area (Å²) in [5, 5.41) is 7.84. The first-order valence-corrected chi connectivity index (χ1v) is 7.34. The van der Waals surface area contributed by atoms with Gasteiger partial charge in [0, 0.05) is 26.7 Å². The first kappa shape index (κ1) is 15.7. The second-order valence-electron chi connectivity index (χ2n) is 4.83. The highest BCUT2D eigenvalue weighted by Gasteiger charge is 2.11. The number of halogens is 1. The monoisotopic (exact) mass is 317 g/mol. The van der Waals surface area contributed by atoms with Gasteiger partial charge in [0.2, 0.25) is 0 Å². The minimum Gasteiger partial charge on any atom is -0.380 e. The van der Waals surface area contributed by atoms with Crippen LogP contribution in [0.1, 0.15) is 32.2 Å². The summed E-state index contributed by atoms with van der Waals surface area (Å²) < 4.78 is 8.59. The molecule has 0 saturated heterocycles. The van der Waals surface area contributed by atoms with Crippen LogP contribution in [0.4, 0.5) is 0 Å². The number of hydrogen-bond donors (Lipinski definition) is 1. The van der Waals surface area contributed by atoms with E-state index in [0.717, 1.165) is 42.9 Å². The predicted molar refractivity (Wildman–Crippen MR) is 77.6 cm³/mol. The second kappa shape index (κ2) is 7.92. The summed E-state index contributed by atoms with van der Waals surface area (Å²) in [6.07, 6.45) is 0.950. The standard InChI is InChI=1S/C13H24BrN3O/c1-5-11-13(14)12(17(4)16-11)8-15-6-7-18-9-10(2)3/h10,15H,5-9H2,1-4H3. The Kier molecular flexibility index (Phi) is 6.89. The fourth-order valence-electron chi connectivity index (χ4n) is 1.68. The fourth-order valence-corrected chi connectivity index (χ4v) is 2.44. The van der Waals surface area contributed by atoms with E-state index in [2.05, 4.69) is 47.1 Å². The molecule has 0 aromatic carbocycles. The SMILES string of the molecule is CCc1nn(C)c(CNCCOCC(C)C)c1Br. The molecule has 1 heterocycles. The minimum absolute atomic E-state index is 0.600. The van der Waals surface area contributed by atoms with Gasteiger partial charge in [-0.2, -0.15) is 5.10 Å². The zero-order valence-corrected chi connectivity index (χ0v) is 13.4. The van der Waals surface area contributed by atoms with Crippen LogP contribution >= 0.6 is 15.9 Å². The third-order valence-electron chi connectivity index (χ3n) is 2.67. The van der Waals surface area contributed by atoms with Gasteiger partial charge in [-0.15, -0.1) is 0 Å². The predicted octanol–water partition coefficient (Wildman–Crippen LogP) is 2.51. The van der Waals surface area contributed by atoms with Crippen LogP contribution in [0.15, 0.2) is 4.47 Å². The zero-order chi connectivity index (χ0) is 13.5. The van der Waals surface area contributed by atoms with Crippen LogP contribution in [-0.4, -0.2) is 29.5 Å². The molecule has 1 N–H and O–H groups in total. The third kappa shape index (κ3) is 4.71. The van der Waals surface area contributed by atoms with Gasteiger partial charge in [0.15, 0.2) is 0 Å². The Balaban J connectivity index is 2.29. The van der Waals surface area contributed by atoms with E-state index in [4.69, 9.17) is 4.74 Å². The second-order valence-corrected chi connectivity index (χ2v) is 5.62. The molecule has 1 aromatic rings. The summed E-state index contributed by atoms with van der Waals surface area (Å²) in [6.45, 7) is 9.70. The van der Waals surface area contributed by atoms with Gasteiger partial charge in [0.25, 0.3) is 0 Å². The van der Waals surface area contributed by atoms with Crippen LogP contribution in [0, 0.1) is 5.92 Å². The maximum atomic E-state index is 5.52. The van der Waals surface area contributed by atoms with E-state index in [1.807, 2.05) is 11.7 Å². The van der Waals surface area contributed by atoms with Gasteiger partial charge in [0.05, 0.1) is 22.5 Å². The largest absolute Gasteiger partial charge is 0.380 e. The Labute approximate surface area is 118 Å². The lowest BCUT2D eigenvalue weighted by Gasteiger charge is -2.08. The number of nitrogens with zero attached hydrogens (tertiary/aromatic N) is 2. The van der Waals surface area contributed by atoms with Crippen molar-refractivity contribution in [3.63, 3.8) is 0 Å². The van der Waals surface area contributed by atoms with Gasteiger partial charge in [-0.1, -0.05) is 20.8 Å². The van der Waals surface area contributed by atoms with Crippen LogP contribution in [0.2, 0.25) is 0 Å². The molecule has 4 nitrogen and oxygen atoms in total. The van der Waals surface area contributed by atoms with Crippen LogP contribution in [0.3, 0.4) is 0 Å². The number of rotatable bonds is 8. The number of aromatic nitrogens is 2. The van der Waals surface area contributed by atoms with E-state index in [9.17, 15) is 0 Å². The van der Waals surface area contributed by atoms with E-state index in [0.29, 0.717) is 5.92 Å². The molecule has 1 aromatic heterocycles. The molecule has 0 fully saturated rings. The van der Waals surface area contributed by atoms with Gasteiger partial charge >= 0.3 is 0 Å². The summed E-state index contributed by atoms with van der Waals surface area (Å²) in [5.41, 5.74) is 2.31. The average molecular weight is 318 g/mol. The zero-order valence-electron chi connectivity index (χ0n) is 11.8. The number of nitrogens with one attached hydrogen (secondary N) is 1. The molecule has 0 radical (unpaired) electrons. The Morgan fingerprint density at radius 1 is 1.44 bits per heavy atom. The van der Waals surface area contributed by atoms with Crippen molar-refractivity contribution < 1.29 is 4.74 Å². The molecule has 0 unspecified atom stereocenters. The molecule has 104 valence electrons. The van der Waals surface area contributed by atoms with Crippen LogP contribution in [0.5, 0.6) is 0 Å². The molecule has 0 spiro atoms. The van der Waals surface area contributed by atoms with Gasteiger partial charge < -0.3 is 10.1 Å². The first-order chi connectivity index (χ1) is 8.56. The van der Waals surface area contributed by atoms with Crippen LogP contribution < -0.4 is 5.32 Å². The molecule has 5 heteroatoms. The van der Waals surface area contributed by atoms with Crippen molar-refractivity contribution >= 4 is 15.9 Å². The normalized spacial score (nSPS) is 11.4. The molecule has 18 heavy (non-hydrogen) atoms.